The number of H-pyrrole nitrogens is 1. The van der Waals surface area contributed by atoms with Gasteiger partial charge in [0, 0.05) is 29.4 Å². The van der Waals surface area contributed by atoms with Crippen molar-refractivity contribution >= 4 is 22.8 Å². The van der Waals surface area contributed by atoms with Crippen molar-refractivity contribution in [2.45, 2.75) is 46.6 Å². The van der Waals surface area contributed by atoms with Gasteiger partial charge in [0.2, 0.25) is 5.91 Å². The van der Waals surface area contributed by atoms with Crippen LogP contribution in [0, 0.1) is 11.3 Å². The molecule has 0 aliphatic carbocycles. The number of carboxylic acid groups (broad SMARTS) is 1. The van der Waals surface area contributed by atoms with Gasteiger partial charge in [-0.1, -0.05) is 45.9 Å². The third-order valence-electron chi connectivity index (χ3n) is 4.08. The highest BCUT2D eigenvalue weighted by Crippen LogP contribution is 2.24. The molecule has 1 aromatic heterocycles. The first-order chi connectivity index (χ1) is 11.2. The Balaban J connectivity index is 2.10. The number of aromatic nitrogens is 1. The largest absolute Gasteiger partial charge is 0.480 e. The Morgan fingerprint density at radius 3 is 2.54 bits per heavy atom. The van der Waals surface area contributed by atoms with Crippen molar-refractivity contribution in [3.8, 4) is 0 Å². The molecule has 5 heteroatoms. The smallest absolute Gasteiger partial charge is 0.326 e. The number of para-hydroxylation sites is 1. The Labute approximate surface area is 142 Å². The molecule has 1 heterocycles. The zero-order chi connectivity index (χ0) is 17.9. The van der Waals surface area contributed by atoms with E-state index in [2.05, 4.69) is 31.1 Å². The second-order valence-electron chi connectivity index (χ2n) is 7.63. The summed E-state index contributed by atoms with van der Waals surface area (Å²) >= 11 is 0. The van der Waals surface area contributed by atoms with Gasteiger partial charge in [0.1, 0.15) is 6.04 Å². The standard InChI is InChI=1S/C19H26N2O3/c1-12(10-19(2,3)4)17(22)21-16(18(23)24)9-13-11-20-15-8-6-5-7-14(13)15/h5-8,11-12,16,20H,9-10H2,1-4H3,(H,21,22)(H,23,24). The SMILES string of the molecule is CC(CC(C)(C)C)C(=O)NC(Cc1c[nH]c2ccccc12)C(=O)O. The van der Waals surface area contributed by atoms with Gasteiger partial charge in [-0.15, -0.1) is 0 Å². The molecule has 2 atom stereocenters. The van der Waals surface area contributed by atoms with Gasteiger partial charge in [-0.2, -0.15) is 0 Å². The number of amides is 1. The molecule has 1 aromatic carbocycles. The molecule has 0 aliphatic heterocycles. The van der Waals surface area contributed by atoms with E-state index in [0.29, 0.717) is 6.42 Å². The quantitative estimate of drug-likeness (QED) is 0.759. The second-order valence-corrected chi connectivity index (χ2v) is 7.63. The molecule has 2 aromatic rings. The molecule has 0 bridgehead atoms. The van der Waals surface area contributed by atoms with E-state index in [0.717, 1.165) is 16.5 Å². The lowest BCUT2D eigenvalue weighted by molar-refractivity contribution is -0.142. The molecule has 3 N–H and O–H groups in total. The first-order valence-electron chi connectivity index (χ1n) is 8.25. The third kappa shape index (κ3) is 4.60. The first kappa shape index (κ1) is 18.0. The van der Waals surface area contributed by atoms with Crippen molar-refractivity contribution in [3.05, 3.63) is 36.0 Å². The van der Waals surface area contributed by atoms with Crippen LogP contribution in [0.5, 0.6) is 0 Å². The molecule has 0 aliphatic rings. The minimum absolute atomic E-state index is 0.0202. The van der Waals surface area contributed by atoms with Crippen LogP contribution in [0.25, 0.3) is 10.9 Å². The molecule has 130 valence electrons. The van der Waals surface area contributed by atoms with Crippen molar-refractivity contribution in [2.24, 2.45) is 11.3 Å². The lowest BCUT2D eigenvalue weighted by Crippen LogP contribution is -2.45. The van der Waals surface area contributed by atoms with Crippen LogP contribution in [-0.2, 0) is 16.0 Å². The van der Waals surface area contributed by atoms with Crippen molar-refractivity contribution in [3.63, 3.8) is 0 Å². The molecule has 0 saturated heterocycles. The minimum Gasteiger partial charge on any atom is -0.480 e. The number of aliphatic carboxylic acids is 1. The molecule has 0 spiro atoms. The fourth-order valence-electron chi connectivity index (χ4n) is 3.05. The van der Waals surface area contributed by atoms with Crippen LogP contribution < -0.4 is 5.32 Å². The average molecular weight is 330 g/mol. The van der Waals surface area contributed by atoms with Gasteiger partial charge in [0.05, 0.1) is 0 Å². The van der Waals surface area contributed by atoms with E-state index in [1.807, 2.05) is 37.4 Å². The van der Waals surface area contributed by atoms with E-state index >= 15 is 0 Å². The summed E-state index contributed by atoms with van der Waals surface area (Å²) in [5, 5.41) is 13.2. The number of carboxylic acids is 1. The average Bonchev–Trinajstić information content (AvgIpc) is 2.88. The lowest BCUT2D eigenvalue weighted by atomic mass is 9.85. The third-order valence-corrected chi connectivity index (χ3v) is 4.08. The monoisotopic (exact) mass is 330 g/mol. The number of carbonyl (C=O) groups excluding carboxylic acids is 1. The Morgan fingerprint density at radius 2 is 1.92 bits per heavy atom. The molecular weight excluding hydrogens is 304 g/mol. The number of rotatable bonds is 6. The summed E-state index contributed by atoms with van der Waals surface area (Å²) in [5.74, 6) is -1.46. The van der Waals surface area contributed by atoms with Crippen LogP contribution in [0.3, 0.4) is 0 Å². The molecule has 0 saturated carbocycles. The van der Waals surface area contributed by atoms with Gasteiger partial charge in [-0.25, -0.2) is 4.79 Å². The number of aromatic amines is 1. The molecule has 0 fully saturated rings. The summed E-state index contributed by atoms with van der Waals surface area (Å²) in [6, 6.07) is 6.80. The zero-order valence-electron chi connectivity index (χ0n) is 14.7. The van der Waals surface area contributed by atoms with E-state index in [1.165, 1.54) is 0 Å². The number of fused-ring (bicyclic) bond motifs is 1. The van der Waals surface area contributed by atoms with E-state index < -0.39 is 12.0 Å². The maximum absolute atomic E-state index is 12.3. The van der Waals surface area contributed by atoms with Gasteiger partial charge >= 0.3 is 5.97 Å². The number of nitrogens with one attached hydrogen (secondary N) is 2. The molecule has 0 radical (unpaired) electrons. The van der Waals surface area contributed by atoms with E-state index in [1.54, 1.807) is 0 Å². The zero-order valence-corrected chi connectivity index (χ0v) is 14.7. The number of carbonyl (C=O) groups is 2. The van der Waals surface area contributed by atoms with Crippen LogP contribution in [0.1, 0.15) is 39.7 Å². The Hall–Kier alpha value is -2.30. The summed E-state index contributed by atoms with van der Waals surface area (Å²) in [6.45, 7) is 8.04. The summed E-state index contributed by atoms with van der Waals surface area (Å²) in [4.78, 5) is 27.1. The molecule has 1 amide bonds. The van der Waals surface area contributed by atoms with E-state index in [-0.39, 0.29) is 23.7 Å². The van der Waals surface area contributed by atoms with Crippen LogP contribution in [0.4, 0.5) is 0 Å². The van der Waals surface area contributed by atoms with Gasteiger partial charge in [0.25, 0.3) is 0 Å². The lowest BCUT2D eigenvalue weighted by Gasteiger charge is -2.24. The highest BCUT2D eigenvalue weighted by atomic mass is 16.4. The van der Waals surface area contributed by atoms with Gasteiger partial charge < -0.3 is 15.4 Å². The molecular formula is C19H26N2O3. The molecule has 24 heavy (non-hydrogen) atoms. The first-order valence-corrected chi connectivity index (χ1v) is 8.25. The van der Waals surface area contributed by atoms with Crippen LogP contribution in [0.15, 0.2) is 30.5 Å². The number of hydrogen-bond acceptors (Lipinski definition) is 2. The van der Waals surface area contributed by atoms with Crippen LogP contribution in [0.2, 0.25) is 0 Å². The van der Waals surface area contributed by atoms with Crippen LogP contribution >= 0.6 is 0 Å². The highest BCUT2D eigenvalue weighted by Gasteiger charge is 2.26. The number of hydrogen-bond donors (Lipinski definition) is 3. The predicted octanol–water partition coefficient (Wildman–Crippen LogP) is 3.35. The summed E-state index contributed by atoms with van der Waals surface area (Å²) in [6.07, 6.45) is 2.77. The topological polar surface area (TPSA) is 82.2 Å². The molecule has 2 rings (SSSR count). The van der Waals surface area contributed by atoms with Crippen molar-refractivity contribution in [1.82, 2.24) is 10.3 Å². The summed E-state index contributed by atoms with van der Waals surface area (Å²) in [7, 11) is 0. The van der Waals surface area contributed by atoms with E-state index in [4.69, 9.17) is 0 Å². The van der Waals surface area contributed by atoms with Crippen molar-refractivity contribution in [1.29, 1.82) is 0 Å². The molecule has 2 unspecified atom stereocenters. The van der Waals surface area contributed by atoms with Crippen molar-refractivity contribution < 1.29 is 14.7 Å². The fraction of sp³-hybridized carbons (Fsp3) is 0.474. The minimum atomic E-state index is -1.02. The Kier molecular flexibility index (Phi) is 5.32. The molecule has 5 nitrogen and oxygen atoms in total. The number of benzene rings is 1. The normalized spacial score (nSPS) is 14.3. The van der Waals surface area contributed by atoms with Gasteiger partial charge in [-0.3, -0.25) is 4.79 Å². The van der Waals surface area contributed by atoms with Crippen LogP contribution in [-0.4, -0.2) is 28.0 Å². The summed E-state index contributed by atoms with van der Waals surface area (Å²) in [5.41, 5.74) is 1.87. The maximum atomic E-state index is 12.3. The fourth-order valence-corrected chi connectivity index (χ4v) is 3.05. The Morgan fingerprint density at radius 1 is 1.25 bits per heavy atom. The van der Waals surface area contributed by atoms with Gasteiger partial charge in [0.15, 0.2) is 0 Å². The summed E-state index contributed by atoms with van der Waals surface area (Å²) < 4.78 is 0. The van der Waals surface area contributed by atoms with Crippen molar-refractivity contribution in [2.75, 3.05) is 0 Å². The predicted molar refractivity (Wildman–Crippen MR) is 94.8 cm³/mol. The Bertz CT molecular complexity index is 728. The maximum Gasteiger partial charge on any atom is 0.326 e. The second kappa shape index (κ2) is 7.07. The van der Waals surface area contributed by atoms with Gasteiger partial charge in [-0.05, 0) is 23.5 Å². The highest BCUT2D eigenvalue weighted by molar-refractivity contribution is 5.87. The van der Waals surface area contributed by atoms with E-state index in [9.17, 15) is 14.7 Å².